The summed E-state index contributed by atoms with van der Waals surface area (Å²) in [5, 5.41) is 6.09. The molecule has 1 amide bonds. The van der Waals surface area contributed by atoms with Crippen LogP contribution in [0, 0.1) is 6.92 Å². The maximum absolute atomic E-state index is 12.2. The largest absolute Gasteiger partial charge is 0.370 e. The Labute approximate surface area is 125 Å². The Balaban J connectivity index is 1.98. The number of amides is 1. The van der Waals surface area contributed by atoms with E-state index in [9.17, 15) is 4.79 Å². The van der Waals surface area contributed by atoms with Crippen molar-refractivity contribution in [2.24, 2.45) is 0 Å². The number of hydrogen-bond acceptors (Lipinski definition) is 3. The van der Waals surface area contributed by atoms with Crippen LogP contribution in [-0.2, 0) is 6.54 Å². The van der Waals surface area contributed by atoms with Crippen molar-refractivity contribution in [1.29, 1.82) is 0 Å². The number of carbonyl (C=O) groups excluding carboxylic acids is 1. The van der Waals surface area contributed by atoms with Crippen LogP contribution in [0.1, 0.15) is 35.0 Å². The van der Waals surface area contributed by atoms with E-state index in [2.05, 4.69) is 22.5 Å². The van der Waals surface area contributed by atoms with E-state index in [0.717, 1.165) is 24.3 Å². The van der Waals surface area contributed by atoms with Gasteiger partial charge in [-0.2, -0.15) is 0 Å². The summed E-state index contributed by atoms with van der Waals surface area (Å²) < 4.78 is 0. The van der Waals surface area contributed by atoms with Crippen molar-refractivity contribution in [3.8, 4) is 0 Å². The van der Waals surface area contributed by atoms with Gasteiger partial charge in [-0.3, -0.25) is 4.79 Å². The molecule has 1 heterocycles. The van der Waals surface area contributed by atoms with Crippen molar-refractivity contribution < 1.29 is 4.79 Å². The second-order valence-electron chi connectivity index (χ2n) is 4.94. The SMILES string of the molecule is CCCNc1cccc(C(=O)NCc2ccccc2C)n1. The molecular weight excluding hydrogens is 262 g/mol. The third kappa shape index (κ3) is 4.31. The lowest BCUT2D eigenvalue weighted by Crippen LogP contribution is -2.24. The molecule has 0 radical (unpaired) electrons. The number of pyridine rings is 1. The molecule has 0 saturated carbocycles. The van der Waals surface area contributed by atoms with E-state index in [4.69, 9.17) is 0 Å². The lowest BCUT2D eigenvalue weighted by atomic mass is 10.1. The second kappa shape index (κ2) is 7.43. The first kappa shape index (κ1) is 15.0. The minimum absolute atomic E-state index is 0.154. The highest BCUT2D eigenvalue weighted by molar-refractivity contribution is 5.92. The highest BCUT2D eigenvalue weighted by Crippen LogP contribution is 2.08. The standard InChI is InChI=1S/C17H21N3O/c1-3-11-18-16-10-6-9-15(20-16)17(21)19-12-14-8-5-4-7-13(14)2/h4-10H,3,11-12H2,1-2H3,(H,18,20)(H,19,21). The molecule has 4 nitrogen and oxygen atoms in total. The van der Waals surface area contributed by atoms with Gasteiger partial charge in [0, 0.05) is 13.1 Å². The Hall–Kier alpha value is -2.36. The summed E-state index contributed by atoms with van der Waals surface area (Å²) in [4.78, 5) is 16.5. The number of rotatable bonds is 6. The summed E-state index contributed by atoms with van der Waals surface area (Å²) in [5.41, 5.74) is 2.72. The lowest BCUT2D eigenvalue weighted by Gasteiger charge is -2.09. The van der Waals surface area contributed by atoms with Crippen LogP contribution in [0.2, 0.25) is 0 Å². The molecule has 0 saturated heterocycles. The van der Waals surface area contributed by atoms with E-state index in [1.165, 1.54) is 5.56 Å². The smallest absolute Gasteiger partial charge is 0.270 e. The minimum atomic E-state index is -0.154. The Morgan fingerprint density at radius 2 is 1.95 bits per heavy atom. The zero-order chi connectivity index (χ0) is 15.1. The molecule has 2 aromatic rings. The second-order valence-corrected chi connectivity index (χ2v) is 4.94. The fraction of sp³-hybridized carbons (Fsp3) is 0.294. The number of nitrogens with one attached hydrogen (secondary N) is 2. The van der Waals surface area contributed by atoms with E-state index in [1.807, 2.05) is 43.3 Å². The van der Waals surface area contributed by atoms with Gasteiger partial charge >= 0.3 is 0 Å². The van der Waals surface area contributed by atoms with E-state index in [-0.39, 0.29) is 5.91 Å². The molecular formula is C17H21N3O. The van der Waals surface area contributed by atoms with E-state index >= 15 is 0 Å². The molecule has 4 heteroatoms. The number of anilines is 1. The predicted molar refractivity (Wildman–Crippen MR) is 85.4 cm³/mol. The van der Waals surface area contributed by atoms with Gasteiger partial charge in [0.05, 0.1) is 0 Å². The molecule has 0 unspecified atom stereocenters. The Bertz CT molecular complexity index is 610. The van der Waals surface area contributed by atoms with Crippen molar-refractivity contribution in [3.63, 3.8) is 0 Å². The van der Waals surface area contributed by atoms with Crippen LogP contribution < -0.4 is 10.6 Å². The summed E-state index contributed by atoms with van der Waals surface area (Å²) >= 11 is 0. The first-order valence-electron chi connectivity index (χ1n) is 7.24. The number of aromatic nitrogens is 1. The van der Waals surface area contributed by atoms with Crippen LogP contribution in [0.25, 0.3) is 0 Å². The summed E-state index contributed by atoms with van der Waals surface area (Å²) in [7, 11) is 0. The van der Waals surface area contributed by atoms with Gasteiger partial charge in [-0.05, 0) is 36.6 Å². The summed E-state index contributed by atoms with van der Waals surface area (Å²) in [6.45, 7) is 5.49. The number of nitrogens with zero attached hydrogens (tertiary/aromatic N) is 1. The first-order valence-corrected chi connectivity index (χ1v) is 7.24. The molecule has 0 fully saturated rings. The van der Waals surface area contributed by atoms with Crippen molar-refractivity contribution in [1.82, 2.24) is 10.3 Å². The molecule has 0 spiro atoms. The fourth-order valence-electron chi connectivity index (χ4n) is 1.99. The highest BCUT2D eigenvalue weighted by atomic mass is 16.1. The van der Waals surface area contributed by atoms with Gasteiger partial charge in [0.2, 0.25) is 0 Å². The molecule has 2 N–H and O–H groups in total. The van der Waals surface area contributed by atoms with E-state index in [1.54, 1.807) is 6.07 Å². The molecule has 0 aliphatic carbocycles. The predicted octanol–water partition coefficient (Wildman–Crippen LogP) is 3.14. The van der Waals surface area contributed by atoms with Gasteiger partial charge in [0.15, 0.2) is 0 Å². The maximum atomic E-state index is 12.2. The van der Waals surface area contributed by atoms with Crippen LogP contribution >= 0.6 is 0 Å². The Kier molecular flexibility index (Phi) is 5.32. The third-order valence-electron chi connectivity index (χ3n) is 3.24. The maximum Gasteiger partial charge on any atom is 0.270 e. The zero-order valence-electron chi connectivity index (χ0n) is 12.5. The monoisotopic (exact) mass is 283 g/mol. The van der Waals surface area contributed by atoms with Gasteiger partial charge in [-0.15, -0.1) is 0 Å². The topological polar surface area (TPSA) is 54.0 Å². The molecule has 0 bridgehead atoms. The molecule has 110 valence electrons. The van der Waals surface area contributed by atoms with Crippen LogP contribution in [-0.4, -0.2) is 17.4 Å². The molecule has 0 aliphatic heterocycles. The number of carbonyl (C=O) groups is 1. The summed E-state index contributed by atoms with van der Waals surface area (Å²) in [6, 6.07) is 13.5. The zero-order valence-corrected chi connectivity index (χ0v) is 12.5. The summed E-state index contributed by atoms with van der Waals surface area (Å²) in [6.07, 6.45) is 1.02. The minimum Gasteiger partial charge on any atom is -0.370 e. The van der Waals surface area contributed by atoms with Gasteiger partial charge < -0.3 is 10.6 Å². The molecule has 2 rings (SSSR count). The van der Waals surface area contributed by atoms with Crippen molar-refractivity contribution in [2.45, 2.75) is 26.8 Å². The van der Waals surface area contributed by atoms with Crippen molar-refractivity contribution in [2.75, 3.05) is 11.9 Å². The van der Waals surface area contributed by atoms with E-state index in [0.29, 0.717) is 12.2 Å². The van der Waals surface area contributed by atoms with Gasteiger partial charge in [-0.25, -0.2) is 4.98 Å². The normalized spacial score (nSPS) is 10.2. The van der Waals surface area contributed by atoms with Crippen LogP contribution in [0.3, 0.4) is 0 Å². The van der Waals surface area contributed by atoms with Gasteiger partial charge in [0.1, 0.15) is 11.5 Å². The van der Waals surface area contributed by atoms with Gasteiger partial charge in [-0.1, -0.05) is 37.3 Å². The Morgan fingerprint density at radius 1 is 1.14 bits per heavy atom. The van der Waals surface area contributed by atoms with Gasteiger partial charge in [0.25, 0.3) is 5.91 Å². The Morgan fingerprint density at radius 3 is 2.71 bits per heavy atom. The summed E-state index contributed by atoms with van der Waals surface area (Å²) in [5.74, 6) is 0.582. The average molecular weight is 283 g/mol. The molecule has 1 aromatic carbocycles. The first-order chi connectivity index (χ1) is 10.2. The van der Waals surface area contributed by atoms with Crippen LogP contribution in [0.4, 0.5) is 5.82 Å². The van der Waals surface area contributed by atoms with Crippen LogP contribution in [0.15, 0.2) is 42.5 Å². The molecule has 21 heavy (non-hydrogen) atoms. The molecule has 0 aliphatic rings. The number of benzene rings is 1. The van der Waals surface area contributed by atoms with E-state index < -0.39 is 0 Å². The lowest BCUT2D eigenvalue weighted by molar-refractivity contribution is 0.0946. The molecule has 1 aromatic heterocycles. The number of hydrogen-bond donors (Lipinski definition) is 2. The highest BCUT2D eigenvalue weighted by Gasteiger charge is 2.08. The van der Waals surface area contributed by atoms with Crippen molar-refractivity contribution >= 4 is 11.7 Å². The van der Waals surface area contributed by atoms with Crippen LogP contribution in [0.5, 0.6) is 0 Å². The third-order valence-corrected chi connectivity index (χ3v) is 3.24. The molecule has 0 atom stereocenters. The fourth-order valence-corrected chi connectivity index (χ4v) is 1.99. The average Bonchev–Trinajstić information content (AvgIpc) is 2.52. The van der Waals surface area contributed by atoms with Crippen molar-refractivity contribution in [3.05, 3.63) is 59.3 Å². The quantitative estimate of drug-likeness (QED) is 0.856. The number of aryl methyl sites for hydroxylation is 1.